The van der Waals surface area contributed by atoms with E-state index >= 15 is 0 Å². The number of likely N-dealkylation sites (N-methyl/N-ethyl adjacent to an activating group) is 1. The number of aryl methyl sites for hydroxylation is 1. The summed E-state index contributed by atoms with van der Waals surface area (Å²) >= 11 is 1.58. The van der Waals surface area contributed by atoms with Crippen LogP contribution < -0.4 is 10.1 Å². The lowest BCUT2D eigenvalue weighted by atomic mass is 10.3. The zero-order valence-corrected chi connectivity index (χ0v) is 15.3. The first kappa shape index (κ1) is 18.9. The molecule has 1 heterocycles. The minimum absolute atomic E-state index is 0.0298. The molecule has 8 heteroatoms. The molecule has 0 unspecified atom stereocenters. The molecule has 0 saturated heterocycles. The summed E-state index contributed by atoms with van der Waals surface area (Å²) < 4.78 is 9.98. The maximum atomic E-state index is 12.1. The molecule has 0 radical (unpaired) electrons. The Bertz CT molecular complexity index is 715. The van der Waals surface area contributed by atoms with Crippen LogP contribution in [0.3, 0.4) is 0 Å². The van der Waals surface area contributed by atoms with Crippen molar-refractivity contribution in [2.24, 2.45) is 0 Å². The molecule has 1 aromatic carbocycles. The van der Waals surface area contributed by atoms with E-state index in [-0.39, 0.29) is 18.4 Å². The van der Waals surface area contributed by atoms with Gasteiger partial charge in [-0.15, -0.1) is 11.8 Å². The number of thioether (sulfide) groups is 1. The molecule has 2 aromatic rings. The molecule has 0 saturated carbocycles. The number of rotatable bonds is 8. The number of carbonyl (C=O) groups is 2. The lowest BCUT2D eigenvalue weighted by Gasteiger charge is -2.16. The molecular weight excluding hydrogens is 342 g/mol. The summed E-state index contributed by atoms with van der Waals surface area (Å²) in [4.78, 5) is 26.5. The van der Waals surface area contributed by atoms with E-state index in [4.69, 9.17) is 9.26 Å². The van der Waals surface area contributed by atoms with Gasteiger partial charge >= 0.3 is 0 Å². The molecule has 1 aromatic heterocycles. The molecule has 1 N–H and O–H groups in total. The smallest absolute Gasteiger partial charge is 0.245 e. The molecule has 25 heavy (non-hydrogen) atoms. The van der Waals surface area contributed by atoms with Crippen LogP contribution in [0.15, 0.2) is 39.8 Å². The topological polar surface area (TPSA) is 84.7 Å². The van der Waals surface area contributed by atoms with Crippen LogP contribution in [-0.4, -0.2) is 48.3 Å². The summed E-state index contributed by atoms with van der Waals surface area (Å²) in [7, 11) is 3.23. The van der Waals surface area contributed by atoms with E-state index in [0.29, 0.717) is 23.8 Å². The van der Waals surface area contributed by atoms with E-state index in [1.54, 1.807) is 38.9 Å². The van der Waals surface area contributed by atoms with Crippen molar-refractivity contribution in [2.45, 2.75) is 18.2 Å². The molecule has 0 aliphatic carbocycles. The standard InChI is InChI=1S/C17H21N3O4S/c1-12-10-15(19-24-12)18-16(21)11-20(2)17(22)8-9-25-14-6-4-13(23-3)5-7-14/h4-7,10H,8-9,11H2,1-3H3,(H,18,19,21). The van der Waals surface area contributed by atoms with Crippen molar-refractivity contribution in [1.82, 2.24) is 10.1 Å². The number of ether oxygens (including phenoxy) is 1. The average Bonchev–Trinajstić information content (AvgIpc) is 2.99. The van der Waals surface area contributed by atoms with Crippen LogP contribution in [0.25, 0.3) is 0 Å². The molecule has 0 spiro atoms. The summed E-state index contributed by atoms with van der Waals surface area (Å²) in [6.45, 7) is 1.71. The fraction of sp³-hybridized carbons (Fsp3) is 0.353. The first-order valence-corrected chi connectivity index (χ1v) is 8.70. The van der Waals surface area contributed by atoms with Gasteiger partial charge in [0.15, 0.2) is 5.82 Å². The molecule has 134 valence electrons. The quantitative estimate of drug-likeness (QED) is 0.726. The zero-order valence-electron chi connectivity index (χ0n) is 14.4. The van der Waals surface area contributed by atoms with E-state index in [2.05, 4.69) is 10.5 Å². The van der Waals surface area contributed by atoms with Crippen LogP contribution in [0.2, 0.25) is 0 Å². The molecule has 0 aliphatic heterocycles. The summed E-state index contributed by atoms with van der Waals surface area (Å²) in [5.74, 6) is 1.99. The Labute approximate surface area is 150 Å². The molecule has 0 bridgehead atoms. The minimum Gasteiger partial charge on any atom is -0.497 e. The van der Waals surface area contributed by atoms with Gasteiger partial charge in [0, 0.05) is 30.2 Å². The summed E-state index contributed by atoms with van der Waals surface area (Å²) in [6, 6.07) is 9.28. The Kier molecular flexibility index (Phi) is 6.88. The fourth-order valence-electron chi connectivity index (χ4n) is 2.03. The highest BCUT2D eigenvalue weighted by Gasteiger charge is 2.14. The van der Waals surface area contributed by atoms with Gasteiger partial charge in [-0.25, -0.2) is 0 Å². The van der Waals surface area contributed by atoms with Crippen molar-refractivity contribution >= 4 is 29.4 Å². The van der Waals surface area contributed by atoms with E-state index in [0.717, 1.165) is 10.6 Å². The van der Waals surface area contributed by atoms with Crippen molar-refractivity contribution in [3.05, 3.63) is 36.1 Å². The second kappa shape index (κ2) is 9.12. The molecule has 7 nitrogen and oxygen atoms in total. The van der Waals surface area contributed by atoms with Gasteiger partial charge in [0.25, 0.3) is 0 Å². The third-order valence-electron chi connectivity index (χ3n) is 3.35. The first-order valence-electron chi connectivity index (χ1n) is 7.72. The van der Waals surface area contributed by atoms with Crippen molar-refractivity contribution in [1.29, 1.82) is 0 Å². The Balaban J connectivity index is 1.71. The van der Waals surface area contributed by atoms with Crippen molar-refractivity contribution in [2.75, 3.05) is 31.8 Å². The lowest BCUT2D eigenvalue weighted by molar-refractivity contribution is -0.132. The highest BCUT2D eigenvalue weighted by atomic mass is 32.2. The van der Waals surface area contributed by atoms with Crippen molar-refractivity contribution in [3.8, 4) is 5.75 Å². The van der Waals surface area contributed by atoms with Crippen molar-refractivity contribution < 1.29 is 18.8 Å². The number of nitrogens with zero attached hydrogens (tertiary/aromatic N) is 2. The van der Waals surface area contributed by atoms with Crippen molar-refractivity contribution in [3.63, 3.8) is 0 Å². The number of hydrogen-bond acceptors (Lipinski definition) is 6. The Morgan fingerprint density at radius 3 is 2.64 bits per heavy atom. The van der Waals surface area contributed by atoms with Crippen LogP contribution in [-0.2, 0) is 9.59 Å². The normalized spacial score (nSPS) is 10.4. The van der Waals surface area contributed by atoms with E-state index in [1.165, 1.54) is 4.90 Å². The number of benzene rings is 1. The van der Waals surface area contributed by atoms with Gasteiger partial charge in [0.1, 0.15) is 11.5 Å². The van der Waals surface area contributed by atoms with Crippen LogP contribution in [0.4, 0.5) is 5.82 Å². The molecule has 2 rings (SSSR count). The number of amides is 2. The number of anilines is 1. The highest BCUT2D eigenvalue weighted by molar-refractivity contribution is 7.99. The highest BCUT2D eigenvalue weighted by Crippen LogP contribution is 2.22. The fourth-order valence-corrected chi connectivity index (χ4v) is 2.87. The molecule has 0 fully saturated rings. The Morgan fingerprint density at radius 2 is 2.04 bits per heavy atom. The summed E-state index contributed by atoms with van der Waals surface area (Å²) in [6.07, 6.45) is 0.351. The van der Waals surface area contributed by atoms with Crippen LogP contribution in [0, 0.1) is 6.92 Å². The van der Waals surface area contributed by atoms with Crippen LogP contribution >= 0.6 is 11.8 Å². The number of carbonyl (C=O) groups excluding carboxylic acids is 2. The van der Waals surface area contributed by atoms with Crippen LogP contribution in [0.1, 0.15) is 12.2 Å². The predicted molar refractivity (Wildman–Crippen MR) is 95.8 cm³/mol. The maximum Gasteiger partial charge on any atom is 0.245 e. The average molecular weight is 363 g/mol. The van der Waals surface area contributed by atoms with Gasteiger partial charge in [-0.3, -0.25) is 9.59 Å². The van der Waals surface area contributed by atoms with Gasteiger partial charge in [-0.1, -0.05) is 5.16 Å². The Hall–Kier alpha value is -2.48. The third kappa shape index (κ3) is 6.15. The second-order valence-corrected chi connectivity index (χ2v) is 6.56. The Morgan fingerprint density at radius 1 is 1.32 bits per heavy atom. The SMILES string of the molecule is COc1ccc(SCCC(=O)N(C)CC(=O)Nc2cc(C)on2)cc1. The van der Waals surface area contributed by atoms with Gasteiger partial charge in [-0.2, -0.15) is 0 Å². The molecule has 0 aliphatic rings. The minimum atomic E-state index is -0.313. The largest absolute Gasteiger partial charge is 0.497 e. The van der Waals surface area contributed by atoms with Gasteiger partial charge in [0.05, 0.1) is 13.7 Å². The number of hydrogen-bond donors (Lipinski definition) is 1. The van der Waals surface area contributed by atoms with E-state index in [1.807, 2.05) is 24.3 Å². The number of methoxy groups -OCH3 is 1. The monoisotopic (exact) mass is 363 g/mol. The summed E-state index contributed by atoms with van der Waals surface area (Å²) in [5.41, 5.74) is 0. The third-order valence-corrected chi connectivity index (χ3v) is 4.36. The second-order valence-electron chi connectivity index (χ2n) is 5.39. The summed E-state index contributed by atoms with van der Waals surface area (Å²) in [5, 5.41) is 6.27. The molecule has 2 amide bonds. The van der Waals surface area contributed by atoms with E-state index in [9.17, 15) is 9.59 Å². The maximum absolute atomic E-state index is 12.1. The van der Waals surface area contributed by atoms with Gasteiger partial charge in [-0.05, 0) is 31.2 Å². The number of nitrogens with one attached hydrogen (secondary N) is 1. The van der Waals surface area contributed by atoms with E-state index < -0.39 is 0 Å². The lowest BCUT2D eigenvalue weighted by Crippen LogP contribution is -2.35. The zero-order chi connectivity index (χ0) is 18.2. The predicted octanol–water partition coefficient (Wildman–Crippen LogP) is 2.57. The first-order chi connectivity index (χ1) is 12.0. The van der Waals surface area contributed by atoms with Gasteiger partial charge in [0.2, 0.25) is 11.8 Å². The molecule has 0 atom stereocenters. The van der Waals surface area contributed by atoms with Gasteiger partial charge < -0.3 is 19.5 Å². The van der Waals surface area contributed by atoms with Crippen LogP contribution in [0.5, 0.6) is 5.75 Å². The molecular formula is C17H21N3O4S. The number of aromatic nitrogens is 1.